The van der Waals surface area contributed by atoms with Gasteiger partial charge in [-0.25, -0.2) is 9.90 Å². The SMILES string of the molecule is CN1OC(C)(c2ccccc2)C1=O. The maximum atomic E-state index is 11.5. The van der Waals surface area contributed by atoms with Crippen LogP contribution >= 0.6 is 0 Å². The monoisotopic (exact) mass is 177 g/mol. The van der Waals surface area contributed by atoms with Gasteiger partial charge < -0.3 is 0 Å². The van der Waals surface area contributed by atoms with Crippen LogP contribution < -0.4 is 0 Å². The number of rotatable bonds is 1. The molecule has 0 N–H and O–H groups in total. The average molecular weight is 177 g/mol. The molecule has 1 unspecified atom stereocenters. The van der Waals surface area contributed by atoms with E-state index in [4.69, 9.17) is 4.84 Å². The van der Waals surface area contributed by atoms with Crippen molar-refractivity contribution in [3.05, 3.63) is 35.9 Å². The normalized spacial score (nSPS) is 27.2. The molecule has 0 aromatic heterocycles. The highest BCUT2D eigenvalue weighted by Crippen LogP contribution is 2.35. The molecule has 1 saturated heterocycles. The summed E-state index contributed by atoms with van der Waals surface area (Å²) in [5.41, 5.74) is 0.133. The lowest BCUT2D eigenvalue weighted by molar-refractivity contribution is -0.298. The number of hydroxylamine groups is 2. The van der Waals surface area contributed by atoms with Crippen molar-refractivity contribution in [1.82, 2.24) is 5.06 Å². The van der Waals surface area contributed by atoms with Crippen LogP contribution in [0.25, 0.3) is 0 Å². The lowest BCUT2D eigenvalue weighted by Gasteiger charge is -2.43. The molecule has 68 valence electrons. The molecule has 2 rings (SSSR count). The summed E-state index contributed by atoms with van der Waals surface area (Å²) in [6, 6.07) is 9.50. The van der Waals surface area contributed by atoms with Crippen molar-refractivity contribution >= 4 is 5.91 Å². The molecule has 1 aliphatic rings. The molecule has 3 heteroatoms. The Kier molecular flexibility index (Phi) is 1.63. The molecule has 1 aliphatic heterocycles. The number of nitrogens with zero attached hydrogens (tertiary/aromatic N) is 1. The van der Waals surface area contributed by atoms with E-state index in [0.717, 1.165) is 5.56 Å². The first-order valence-electron chi connectivity index (χ1n) is 4.17. The van der Waals surface area contributed by atoms with Crippen LogP contribution in [0.15, 0.2) is 30.3 Å². The number of amides is 1. The fourth-order valence-electron chi connectivity index (χ4n) is 1.55. The Labute approximate surface area is 76.9 Å². The molecule has 1 fully saturated rings. The second kappa shape index (κ2) is 2.57. The van der Waals surface area contributed by atoms with Gasteiger partial charge in [-0.15, -0.1) is 0 Å². The maximum Gasteiger partial charge on any atom is 0.285 e. The third-order valence-corrected chi connectivity index (χ3v) is 2.34. The van der Waals surface area contributed by atoms with Gasteiger partial charge >= 0.3 is 0 Å². The molecule has 13 heavy (non-hydrogen) atoms. The maximum absolute atomic E-state index is 11.5. The van der Waals surface area contributed by atoms with E-state index in [2.05, 4.69) is 0 Å². The summed E-state index contributed by atoms with van der Waals surface area (Å²) in [5, 5.41) is 1.26. The Morgan fingerprint density at radius 1 is 1.31 bits per heavy atom. The Morgan fingerprint density at radius 3 is 2.38 bits per heavy atom. The highest BCUT2D eigenvalue weighted by molar-refractivity contribution is 5.88. The van der Waals surface area contributed by atoms with Gasteiger partial charge in [0.1, 0.15) is 0 Å². The number of hydrogen-bond donors (Lipinski definition) is 0. The summed E-state index contributed by atoms with van der Waals surface area (Å²) in [5.74, 6) is -0.00120. The van der Waals surface area contributed by atoms with Crippen LogP contribution in [0, 0.1) is 0 Å². The van der Waals surface area contributed by atoms with E-state index < -0.39 is 5.60 Å². The quantitative estimate of drug-likeness (QED) is 0.647. The van der Waals surface area contributed by atoms with Gasteiger partial charge in [0.05, 0.1) is 0 Å². The molecule has 1 aromatic rings. The second-order valence-electron chi connectivity index (χ2n) is 3.29. The Morgan fingerprint density at radius 2 is 1.92 bits per heavy atom. The summed E-state index contributed by atoms with van der Waals surface area (Å²) in [7, 11) is 1.62. The largest absolute Gasteiger partial charge is 0.285 e. The fraction of sp³-hybridized carbons (Fsp3) is 0.300. The van der Waals surface area contributed by atoms with E-state index in [1.807, 2.05) is 30.3 Å². The first-order valence-corrected chi connectivity index (χ1v) is 4.17. The van der Waals surface area contributed by atoms with E-state index in [-0.39, 0.29) is 5.91 Å². The van der Waals surface area contributed by atoms with Gasteiger partial charge in [-0.3, -0.25) is 4.79 Å². The first-order chi connectivity index (χ1) is 6.14. The van der Waals surface area contributed by atoms with Crippen LogP contribution in [-0.4, -0.2) is 18.0 Å². The topological polar surface area (TPSA) is 29.5 Å². The van der Waals surface area contributed by atoms with Crippen molar-refractivity contribution in [3.63, 3.8) is 0 Å². The molecule has 1 aromatic carbocycles. The molecule has 0 spiro atoms. The zero-order valence-electron chi connectivity index (χ0n) is 7.65. The minimum atomic E-state index is -0.768. The lowest BCUT2D eigenvalue weighted by Crippen LogP contribution is -2.58. The Bertz CT molecular complexity index is 336. The number of hydrogen-bond acceptors (Lipinski definition) is 2. The van der Waals surface area contributed by atoms with Crippen molar-refractivity contribution in [2.24, 2.45) is 0 Å². The van der Waals surface area contributed by atoms with E-state index >= 15 is 0 Å². The summed E-state index contributed by atoms with van der Waals surface area (Å²) in [6.07, 6.45) is 0. The van der Waals surface area contributed by atoms with Crippen LogP contribution in [0.1, 0.15) is 12.5 Å². The minimum Gasteiger partial charge on any atom is -0.269 e. The number of benzene rings is 1. The van der Waals surface area contributed by atoms with E-state index in [0.29, 0.717) is 0 Å². The predicted molar refractivity (Wildman–Crippen MR) is 47.6 cm³/mol. The van der Waals surface area contributed by atoms with Gasteiger partial charge in [-0.2, -0.15) is 0 Å². The molecule has 3 nitrogen and oxygen atoms in total. The molecule has 1 atom stereocenters. The molecule has 1 amide bonds. The van der Waals surface area contributed by atoms with Crippen molar-refractivity contribution < 1.29 is 9.63 Å². The number of carbonyl (C=O) groups is 1. The zero-order valence-corrected chi connectivity index (χ0v) is 7.65. The summed E-state index contributed by atoms with van der Waals surface area (Å²) < 4.78 is 0. The van der Waals surface area contributed by atoms with Crippen molar-refractivity contribution in [1.29, 1.82) is 0 Å². The third kappa shape index (κ3) is 1.04. The first kappa shape index (κ1) is 8.26. The number of likely N-dealkylation sites (N-methyl/N-ethyl adjacent to an activating group) is 1. The van der Waals surface area contributed by atoms with Crippen LogP contribution in [0.3, 0.4) is 0 Å². The molecule has 0 saturated carbocycles. The molecule has 0 aliphatic carbocycles. The van der Waals surface area contributed by atoms with Crippen LogP contribution in [0.4, 0.5) is 0 Å². The standard InChI is InChI=1S/C10H11NO2/c1-10(9(12)11(2)13-10)8-6-4-3-5-7-8/h3-7H,1-2H3. The van der Waals surface area contributed by atoms with E-state index in [1.165, 1.54) is 5.06 Å². The van der Waals surface area contributed by atoms with Crippen molar-refractivity contribution in [2.75, 3.05) is 7.05 Å². The van der Waals surface area contributed by atoms with Gasteiger partial charge in [-0.1, -0.05) is 30.3 Å². The molecule has 1 heterocycles. The Balaban J connectivity index is 2.33. The van der Waals surface area contributed by atoms with E-state index in [9.17, 15) is 4.79 Å². The number of carbonyl (C=O) groups excluding carboxylic acids is 1. The van der Waals surface area contributed by atoms with Gasteiger partial charge in [-0.05, 0) is 12.5 Å². The molecular formula is C10H11NO2. The smallest absolute Gasteiger partial charge is 0.269 e. The fourth-order valence-corrected chi connectivity index (χ4v) is 1.55. The predicted octanol–water partition coefficient (Wildman–Crippen LogP) is 1.31. The summed E-state index contributed by atoms with van der Waals surface area (Å²) >= 11 is 0. The lowest BCUT2D eigenvalue weighted by atomic mass is 9.93. The van der Waals surface area contributed by atoms with Crippen LogP contribution in [0.2, 0.25) is 0 Å². The molecule has 0 bridgehead atoms. The van der Waals surface area contributed by atoms with Gasteiger partial charge in [0, 0.05) is 7.05 Å². The third-order valence-electron chi connectivity index (χ3n) is 2.34. The molecular weight excluding hydrogens is 166 g/mol. The second-order valence-corrected chi connectivity index (χ2v) is 3.29. The summed E-state index contributed by atoms with van der Waals surface area (Å²) in [6.45, 7) is 1.78. The van der Waals surface area contributed by atoms with E-state index in [1.54, 1.807) is 14.0 Å². The van der Waals surface area contributed by atoms with Crippen molar-refractivity contribution in [3.8, 4) is 0 Å². The minimum absolute atomic E-state index is 0.00120. The van der Waals surface area contributed by atoms with Gasteiger partial charge in [0.2, 0.25) is 0 Å². The average Bonchev–Trinajstić information content (AvgIpc) is 2.19. The zero-order chi connectivity index (χ0) is 9.47. The molecule has 0 radical (unpaired) electrons. The summed E-state index contributed by atoms with van der Waals surface area (Å²) in [4.78, 5) is 16.8. The van der Waals surface area contributed by atoms with Gasteiger partial charge in [0.25, 0.3) is 5.91 Å². The van der Waals surface area contributed by atoms with Crippen molar-refractivity contribution in [2.45, 2.75) is 12.5 Å². The van der Waals surface area contributed by atoms with Crippen LogP contribution in [0.5, 0.6) is 0 Å². The Hall–Kier alpha value is -1.35. The highest BCUT2D eigenvalue weighted by Gasteiger charge is 2.50. The highest BCUT2D eigenvalue weighted by atomic mass is 16.7. The van der Waals surface area contributed by atoms with Gasteiger partial charge in [0.15, 0.2) is 5.60 Å². The van der Waals surface area contributed by atoms with Crippen LogP contribution in [-0.2, 0) is 15.2 Å².